The highest BCUT2D eigenvalue weighted by Gasteiger charge is 2.55. The van der Waals surface area contributed by atoms with Crippen LogP contribution in [-0.4, -0.2) is 17.4 Å². The van der Waals surface area contributed by atoms with Crippen LogP contribution in [0.4, 0.5) is 10.5 Å². The normalized spacial score (nSPS) is 28.6. The number of carbonyl (C=O) groups excluding carboxylic acids is 2. The maximum absolute atomic E-state index is 12.1. The first-order chi connectivity index (χ1) is 8.55. The number of ketones is 1. The van der Waals surface area contributed by atoms with Gasteiger partial charge in [0.15, 0.2) is 11.3 Å². The smallest absolute Gasteiger partial charge is 0.319 e. The number of nitrogens with one attached hydrogen (secondary N) is 3. The molecular weight excluding hydrogens is 230 g/mol. The van der Waals surface area contributed by atoms with Crippen LogP contribution in [-0.2, 0) is 4.79 Å². The summed E-state index contributed by atoms with van der Waals surface area (Å²) in [5.41, 5.74) is 1.16. The number of para-hydroxylation sites is 1. The molecule has 0 saturated carbocycles. The van der Waals surface area contributed by atoms with E-state index in [0.717, 1.165) is 11.3 Å². The molecule has 1 aromatic carbocycles. The first-order valence-corrected chi connectivity index (χ1v) is 5.71. The van der Waals surface area contributed by atoms with Crippen molar-refractivity contribution >= 4 is 17.5 Å². The maximum atomic E-state index is 12.1. The molecule has 18 heavy (non-hydrogen) atoms. The van der Waals surface area contributed by atoms with Crippen LogP contribution < -0.4 is 16.0 Å². The summed E-state index contributed by atoms with van der Waals surface area (Å²) in [5.74, 6) is -0.0822. The van der Waals surface area contributed by atoms with Crippen LogP contribution in [0.5, 0.6) is 0 Å². The highest BCUT2D eigenvalue weighted by atomic mass is 16.2. The molecule has 0 bridgehead atoms. The second-order valence-corrected chi connectivity index (χ2v) is 4.59. The highest BCUT2D eigenvalue weighted by molar-refractivity contribution is 6.00. The number of carbonyl (C=O) groups is 2. The van der Waals surface area contributed by atoms with Crippen molar-refractivity contribution in [2.45, 2.75) is 18.5 Å². The van der Waals surface area contributed by atoms with E-state index in [2.05, 4.69) is 22.5 Å². The second-order valence-electron chi connectivity index (χ2n) is 4.59. The van der Waals surface area contributed by atoms with Crippen molar-refractivity contribution in [3.05, 3.63) is 42.1 Å². The Balaban J connectivity index is 2.20. The number of Topliss-reactive ketones (excluding diaryl/α,β-unsaturated/α-hetero) is 1. The third-order valence-corrected chi connectivity index (χ3v) is 3.61. The lowest BCUT2D eigenvalue weighted by molar-refractivity contribution is -0.121. The Labute approximate surface area is 104 Å². The topological polar surface area (TPSA) is 70.2 Å². The van der Waals surface area contributed by atoms with E-state index < -0.39 is 11.6 Å². The van der Waals surface area contributed by atoms with Crippen molar-refractivity contribution in [1.29, 1.82) is 0 Å². The molecule has 1 saturated heterocycles. The summed E-state index contributed by atoms with van der Waals surface area (Å²) in [5, 5.41) is 8.57. The van der Waals surface area contributed by atoms with E-state index in [0.29, 0.717) is 5.70 Å². The van der Waals surface area contributed by atoms with Gasteiger partial charge in [0.1, 0.15) is 0 Å². The molecule has 5 nitrogen and oxygen atoms in total. The molecule has 0 radical (unpaired) electrons. The predicted octanol–water partition coefficient (Wildman–Crippen LogP) is 1.31. The van der Waals surface area contributed by atoms with Crippen LogP contribution >= 0.6 is 0 Å². The van der Waals surface area contributed by atoms with Gasteiger partial charge in [-0.25, -0.2) is 4.79 Å². The Morgan fingerprint density at radius 3 is 2.83 bits per heavy atom. The fraction of sp³-hybridized carbons (Fsp3) is 0.231. The number of rotatable bonds is 1. The van der Waals surface area contributed by atoms with Gasteiger partial charge in [0.25, 0.3) is 0 Å². The molecule has 1 fully saturated rings. The summed E-state index contributed by atoms with van der Waals surface area (Å²) < 4.78 is 0. The number of amides is 2. The predicted molar refractivity (Wildman–Crippen MR) is 67.0 cm³/mol. The molecule has 3 N–H and O–H groups in total. The van der Waals surface area contributed by atoms with Crippen molar-refractivity contribution in [2.24, 2.45) is 0 Å². The van der Waals surface area contributed by atoms with Gasteiger partial charge in [-0.3, -0.25) is 4.79 Å². The van der Waals surface area contributed by atoms with Crippen LogP contribution in [0.2, 0.25) is 0 Å². The molecule has 2 heterocycles. The third-order valence-electron chi connectivity index (χ3n) is 3.61. The van der Waals surface area contributed by atoms with Gasteiger partial charge in [0, 0.05) is 16.9 Å². The van der Waals surface area contributed by atoms with Gasteiger partial charge in [-0.05, 0) is 13.0 Å². The molecular formula is C13H13N3O2. The van der Waals surface area contributed by atoms with E-state index in [9.17, 15) is 9.59 Å². The van der Waals surface area contributed by atoms with E-state index in [4.69, 9.17) is 0 Å². The second kappa shape index (κ2) is 3.35. The average Bonchev–Trinajstić information content (AvgIpc) is 2.65. The molecule has 2 aliphatic heterocycles. The molecule has 1 aromatic rings. The standard InChI is InChI=1S/C13H13N3O2/c1-7-13(8(2)17)11(15-12(18)14-7)9-5-3-4-6-10(9)16-13/h3-6,11,16H,1H2,2H3,(H2,14,15,18)/t11-,13+/m0/s1. The number of fused-ring (bicyclic) bond motifs is 3. The van der Waals surface area contributed by atoms with Crippen molar-refractivity contribution in [3.8, 4) is 0 Å². The summed E-state index contributed by atoms with van der Waals surface area (Å²) in [6.45, 7) is 5.32. The Bertz CT molecular complexity index is 581. The average molecular weight is 243 g/mol. The lowest BCUT2D eigenvalue weighted by atomic mass is 9.82. The Kier molecular flexibility index (Phi) is 2.02. The van der Waals surface area contributed by atoms with Crippen molar-refractivity contribution in [2.75, 3.05) is 5.32 Å². The van der Waals surface area contributed by atoms with Crippen molar-refractivity contribution < 1.29 is 9.59 Å². The molecule has 92 valence electrons. The number of hydrogen-bond acceptors (Lipinski definition) is 3. The lowest BCUT2D eigenvalue weighted by Crippen LogP contribution is -2.63. The van der Waals surface area contributed by atoms with Gasteiger partial charge in [0.2, 0.25) is 0 Å². The van der Waals surface area contributed by atoms with E-state index in [1.54, 1.807) is 0 Å². The van der Waals surface area contributed by atoms with Gasteiger partial charge in [-0.2, -0.15) is 0 Å². The molecule has 2 atom stereocenters. The summed E-state index contributed by atoms with van der Waals surface area (Å²) in [7, 11) is 0. The zero-order valence-corrected chi connectivity index (χ0v) is 9.91. The maximum Gasteiger partial charge on any atom is 0.319 e. The van der Waals surface area contributed by atoms with Crippen LogP contribution in [0.25, 0.3) is 0 Å². The quantitative estimate of drug-likeness (QED) is 0.696. The minimum absolute atomic E-state index is 0.0822. The number of anilines is 1. The highest BCUT2D eigenvalue weighted by Crippen LogP contribution is 2.45. The molecule has 0 aliphatic carbocycles. The summed E-state index contributed by atoms with van der Waals surface area (Å²) >= 11 is 0. The van der Waals surface area contributed by atoms with E-state index in [-0.39, 0.29) is 11.8 Å². The number of urea groups is 1. The minimum atomic E-state index is -0.988. The molecule has 0 spiro atoms. The minimum Gasteiger partial charge on any atom is -0.366 e. The molecule has 2 amide bonds. The zero-order chi connectivity index (χ0) is 12.9. The van der Waals surface area contributed by atoms with Gasteiger partial charge in [0.05, 0.1) is 6.04 Å². The largest absolute Gasteiger partial charge is 0.366 e. The van der Waals surface area contributed by atoms with Crippen LogP contribution in [0.1, 0.15) is 18.5 Å². The number of benzene rings is 1. The summed E-state index contributed by atoms with van der Waals surface area (Å²) in [6, 6.07) is 6.81. The van der Waals surface area contributed by atoms with Crippen LogP contribution in [0.3, 0.4) is 0 Å². The van der Waals surface area contributed by atoms with Crippen LogP contribution in [0, 0.1) is 0 Å². The molecule has 0 unspecified atom stereocenters. The zero-order valence-electron chi connectivity index (χ0n) is 9.91. The van der Waals surface area contributed by atoms with E-state index >= 15 is 0 Å². The van der Waals surface area contributed by atoms with Gasteiger partial charge in [-0.15, -0.1) is 0 Å². The fourth-order valence-electron chi connectivity index (χ4n) is 2.72. The SMILES string of the molecule is C=C1NC(=O)N[C@H]2c3ccccc3N[C@@]12C(C)=O. The fourth-order valence-corrected chi connectivity index (χ4v) is 2.72. The van der Waals surface area contributed by atoms with E-state index in [1.807, 2.05) is 24.3 Å². The van der Waals surface area contributed by atoms with Crippen LogP contribution in [0.15, 0.2) is 36.5 Å². The monoisotopic (exact) mass is 243 g/mol. The molecule has 0 aromatic heterocycles. The van der Waals surface area contributed by atoms with Gasteiger partial charge < -0.3 is 16.0 Å². The first kappa shape index (κ1) is 10.8. The van der Waals surface area contributed by atoms with Gasteiger partial charge >= 0.3 is 6.03 Å². The molecule has 2 aliphatic rings. The van der Waals surface area contributed by atoms with Crippen molar-refractivity contribution in [1.82, 2.24) is 10.6 Å². The first-order valence-electron chi connectivity index (χ1n) is 5.71. The Hall–Kier alpha value is -2.30. The lowest BCUT2D eigenvalue weighted by Gasteiger charge is -2.39. The number of hydrogen-bond donors (Lipinski definition) is 3. The third kappa shape index (κ3) is 1.16. The van der Waals surface area contributed by atoms with E-state index in [1.165, 1.54) is 6.92 Å². The Morgan fingerprint density at radius 2 is 2.11 bits per heavy atom. The van der Waals surface area contributed by atoms with Gasteiger partial charge in [-0.1, -0.05) is 24.8 Å². The Morgan fingerprint density at radius 1 is 1.39 bits per heavy atom. The summed E-state index contributed by atoms with van der Waals surface area (Å²) in [4.78, 5) is 23.6. The summed E-state index contributed by atoms with van der Waals surface area (Å²) in [6.07, 6.45) is 0. The molecule has 3 rings (SSSR count). The van der Waals surface area contributed by atoms with Crippen molar-refractivity contribution in [3.63, 3.8) is 0 Å². The molecule has 5 heteroatoms.